The minimum absolute atomic E-state index is 0.0826. The molecule has 1 amide bonds. The van der Waals surface area contributed by atoms with Gasteiger partial charge in [-0.1, -0.05) is 29.8 Å². The lowest BCUT2D eigenvalue weighted by molar-refractivity contribution is 0.0698. The molecule has 4 nitrogen and oxygen atoms in total. The fourth-order valence-corrected chi connectivity index (χ4v) is 2.72. The lowest BCUT2D eigenvalue weighted by atomic mass is 10.1. The molecular formula is C15H11ClINO3. The Hall–Kier alpha value is -1.60. The molecule has 0 fully saturated rings. The highest BCUT2D eigenvalue weighted by Crippen LogP contribution is 2.25. The molecule has 0 aliphatic carbocycles. The quantitative estimate of drug-likeness (QED) is 0.738. The molecule has 0 saturated heterocycles. The normalized spacial score (nSPS) is 10.2. The van der Waals surface area contributed by atoms with Crippen LogP contribution in [0.3, 0.4) is 0 Å². The number of carbonyl (C=O) groups excluding carboxylic acids is 1. The first-order valence-electron chi connectivity index (χ1n) is 6.00. The van der Waals surface area contributed by atoms with E-state index in [1.807, 2.05) is 13.0 Å². The van der Waals surface area contributed by atoms with Crippen LogP contribution in [0.1, 0.15) is 26.3 Å². The summed E-state index contributed by atoms with van der Waals surface area (Å²) in [5, 5.41) is 11.9. The average Bonchev–Trinajstić information content (AvgIpc) is 2.41. The van der Waals surface area contributed by atoms with Crippen LogP contribution in [-0.4, -0.2) is 17.0 Å². The number of aryl methyl sites for hydroxylation is 1. The summed E-state index contributed by atoms with van der Waals surface area (Å²) in [6, 6.07) is 9.94. The van der Waals surface area contributed by atoms with Crippen LogP contribution >= 0.6 is 34.2 Å². The van der Waals surface area contributed by atoms with Crippen LogP contribution in [-0.2, 0) is 0 Å². The lowest BCUT2D eigenvalue weighted by Gasteiger charge is -2.11. The summed E-state index contributed by atoms with van der Waals surface area (Å²) >= 11 is 7.97. The summed E-state index contributed by atoms with van der Waals surface area (Å²) in [6.45, 7) is 1.90. The van der Waals surface area contributed by atoms with E-state index in [1.165, 1.54) is 12.1 Å². The number of rotatable bonds is 3. The van der Waals surface area contributed by atoms with Crippen molar-refractivity contribution >= 4 is 51.8 Å². The van der Waals surface area contributed by atoms with Crippen molar-refractivity contribution in [2.45, 2.75) is 6.92 Å². The summed E-state index contributed by atoms with van der Waals surface area (Å²) in [7, 11) is 0. The van der Waals surface area contributed by atoms with E-state index in [2.05, 4.69) is 27.9 Å². The predicted molar refractivity (Wildman–Crippen MR) is 90.3 cm³/mol. The van der Waals surface area contributed by atoms with Crippen LogP contribution < -0.4 is 5.32 Å². The van der Waals surface area contributed by atoms with E-state index in [-0.39, 0.29) is 22.2 Å². The highest BCUT2D eigenvalue weighted by atomic mass is 127. The molecule has 2 aromatic carbocycles. The van der Waals surface area contributed by atoms with E-state index in [1.54, 1.807) is 18.2 Å². The minimum Gasteiger partial charge on any atom is -0.478 e. The SMILES string of the molecule is Cc1cccc(C(=O)Nc2cccc(Cl)c2C(=O)O)c1I. The van der Waals surface area contributed by atoms with Crippen LogP contribution in [0, 0.1) is 10.5 Å². The third kappa shape index (κ3) is 3.36. The van der Waals surface area contributed by atoms with Crippen LogP contribution in [0.4, 0.5) is 5.69 Å². The molecule has 0 unspecified atom stereocenters. The highest BCUT2D eigenvalue weighted by molar-refractivity contribution is 14.1. The van der Waals surface area contributed by atoms with Crippen molar-refractivity contribution in [1.29, 1.82) is 0 Å². The van der Waals surface area contributed by atoms with Gasteiger partial charge in [-0.25, -0.2) is 4.79 Å². The summed E-state index contributed by atoms with van der Waals surface area (Å²) in [5.74, 6) is -1.55. The number of aromatic carboxylic acids is 1. The minimum atomic E-state index is -1.19. The lowest BCUT2D eigenvalue weighted by Crippen LogP contribution is -2.16. The van der Waals surface area contributed by atoms with Gasteiger partial charge in [-0.05, 0) is 53.3 Å². The second kappa shape index (κ2) is 6.44. The van der Waals surface area contributed by atoms with Crippen LogP contribution in [0.5, 0.6) is 0 Å². The maximum absolute atomic E-state index is 12.3. The number of amides is 1. The van der Waals surface area contributed by atoms with Crippen molar-refractivity contribution in [2.24, 2.45) is 0 Å². The molecule has 0 aliphatic rings. The molecule has 0 heterocycles. The number of hydrogen-bond acceptors (Lipinski definition) is 2. The molecule has 6 heteroatoms. The van der Waals surface area contributed by atoms with Crippen molar-refractivity contribution in [3.8, 4) is 0 Å². The van der Waals surface area contributed by atoms with Crippen molar-refractivity contribution < 1.29 is 14.7 Å². The molecule has 0 saturated carbocycles. The van der Waals surface area contributed by atoms with Gasteiger partial charge in [0.15, 0.2) is 0 Å². The van der Waals surface area contributed by atoms with Crippen molar-refractivity contribution in [2.75, 3.05) is 5.32 Å². The Morgan fingerprint density at radius 1 is 1.19 bits per heavy atom. The molecule has 0 radical (unpaired) electrons. The molecule has 21 heavy (non-hydrogen) atoms. The zero-order chi connectivity index (χ0) is 15.6. The smallest absolute Gasteiger partial charge is 0.339 e. The highest BCUT2D eigenvalue weighted by Gasteiger charge is 2.18. The number of carboxylic acid groups (broad SMARTS) is 1. The number of hydrogen-bond donors (Lipinski definition) is 2. The first-order chi connectivity index (χ1) is 9.91. The average molecular weight is 416 g/mol. The molecule has 2 N–H and O–H groups in total. The predicted octanol–water partition coefficient (Wildman–Crippen LogP) is 4.20. The Kier molecular flexibility index (Phi) is 4.84. The van der Waals surface area contributed by atoms with Crippen LogP contribution in [0.25, 0.3) is 0 Å². The van der Waals surface area contributed by atoms with E-state index in [0.717, 1.165) is 9.13 Å². The number of anilines is 1. The Balaban J connectivity index is 2.39. The zero-order valence-corrected chi connectivity index (χ0v) is 13.9. The fourth-order valence-electron chi connectivity index (χ4n) is 1.86. The van der Waals surface area contributed by atoms with Crippen LogP contribution in [0.15, 0.2) is 36.4 Å². The molecule has 0 aromatic heterocycles. The number of benzene rings is 2. The van der Waals surface area contributed by atoms with Gasteiger partial charge >= 0.3 is 5.97 Å². The standard InChI is InChI=1S/C15H11ClINO3/c1-8-4-2-5-9(13(8)17)14(19)18-11-7-3-6-10(16)12(11)15(20)21/h2-7H,1H3,(H,18,19)(H,20,21). The van der Waals surface area contributed by atoms with E-state index in [9.17, 15) is 14.7 Å². The summed E-state index contributed by atoms with van der Waals surface area (Å²) in [5.41, 5.74) is 1.53. The van der Waals surface area contributed by atoms with E-state index < -0.39 is 5.97 Å². The third-order valence-electron chi connectivity index (χ3n) is 2.91. The van der Waals surface area contributed by atoms with Crippen molar-refractivity contribution in [3.05, 3.63) is 61.7 Å². The Bertz CT molecular complexity index is 731. The van der Waals surface area contributed by atoms with Gasteiger partial charge in [-0.3, -0.25) is 4.79 Å². The third-order valence-corrected chi connectivity index (χ3v) is 4.66. The molecule has 2 rings (SSSR count). The molecule has 2 aromatic rings. The molecular weight excluding hydrogens is 405 g/mol. The van der Waals surface area contributed by atoms with E-state index in [4.69, 9.17) is 11.6 Å². The maximum Gasteiger partial charge on any atom is 0.339 e. The fraction of sp³-hybridized carbons (Fsp3) is 0.0667. The molecule has 0 atom stereocenters. The van der Waals surface area contributed by atoms with Gasteiger partial charge in [0.25, 0.3) is 5.91 Å². The molecule has 108 valence electrons. The molecule has 0 spiro atoms. The summed E-state index contributed by atoms with van der Waals surface area (Å²) in [6.07, 6.45) is 0. The maximum atomic E-state index is 12.3. The number of halogens is 2. The van der Waals surface area contributed by atoms with E-state index >= 15 is 0 Å². The Labute approximate surface area is 140 Å². The number of carbonyl (C=O) groups is 2. The first kappa shape index (κ1) is 15.8. The van der Waals surface area contributed by atoms with Gasteiger partial charge in [0.1, 0.15) is 5.56 Å². The molecule has 0 aliphatic heterocycles. The molecule has 0 bridgehead atoms. The number of carboxylic acids is 1. The van der Waals surface area contributed by atoms with Gasteiger partial charge in [-0.15, -0.1) is 0 Å². The summed E-state index contributed by atoms with van der Waals surface area (Å²) < 4.78 is 0.825. The van der Waals surface area contributed by atoms with Gasteiger partial charge in [0.2, 0.25) is 0 Å². The van der Waals surface area contributed by atoms with E-state index in [0.29, 0.717) is 5.56 Å². The Morgan fingerprint density at radius 2 is 1.86 bits per heavy atom. The first-order valence-corrected chi connectivity index (χ1v) is 7.45. The second-order valence-electron chi connectivity index (χ2n) is 4.36. The van der Waals surface area contributed by atoms with Gasteiger partial charge in [0.05, 0.1) is 16.3 Å². The van der Waals surface area contributed by atoms with Crippen molar-refractivity contribution in [1.82, 2.24) is 0 Å². The number of nitrogens with one attached hydrogen (secondary N) is 1. The van der Waals surface area contributed by atoms with Gasteiger partial charge in [0, 0.05) is 3.57 Å². The van der Waals surface area contributed by atoms with Crippen LogP contribution in [0.2, 0.25) is 5.02 Å². The largest absolute Gasteiger partial charge is 0.478 e. The topological polar surface area (TPSA) is 66.4 Å². The second-order valence-corrected chi connectivity index (χ2v) is 5.84. The van der Waals surface area contributed by atoms with Crippen molar-refractivity contribution in [3.63, 3.8) is 0 Å². The van der Waals surface area contributed by atoms with Gasteiger partial charge < -0.3 is 10.4 Å². The van der Waals surface area contributed by atoms with Gasteiger partial charge in [-0.2, -0.15) is 0 Å². The summed E-state index contributed by atoms with van der Waals surface area (Å²) in [4.78, 5) is 23.6. The Morgan fingerprint density at radius 3 is 2.52 bits per heavy atom. The zero-order valence-electron chi connectivity index (χ0n) is 11.0. The monoisotopic (exact) mass is 415 g/mol.